The van der Waals surface area contributed by atoms with E-state index >= 15 is 0 Å². The molecule has 2 aliphatic rings. The average Bonchev–Trinajstić information content (AvgIpc) is 2.71. The molecule has 2 fully saturated rings. The lowest BCUT2D eigenvalue weighted by Crippen LogP contribution is -2.15. The minimum absolute atomic E-state index is 0.637. The Balaban J connectivity index is 1.83. The molecule has 16 heavy (non-hydrogen) atoms. The summed E-state index contributed by atoms with van der Waals surface area (Å²) in [6.45, 7) is 4.41. The quantitative estimate of drug-likeness (QED) is 0.769. The van der Waals surface area contributed by atoms with Crippen LogP contribution in [-0.4, -0.2) is 27.7 Å². The molecule has 1 unspecified atom stereocenters. The van der Waals surface area contributed by atoms with Gasteiger partial charge >= 0.3 is 0 Å². The van der Waals surface area contributed by atoms with E-state index in [4.69, 9.17) is 0 Å². The molecule has 1 saturated heterocycles. The van der Waals surface area contributed by atoms with Gasteiger partial charge in [-0.05, 0) is 43.5 Å². The third-order valence-corrected chi connectivity index (χ3v) is 3.97. The number of hydrogen-bond donors (Lipinski definition) is 1. The number of nitrogens with one attached hydrogen (secondary N) is 1. The number of nitrogens with zero attached hydrogens (tertiary/aromatic N) is 3. The first kappa shape index (κ1) is 8.70. The lowest BCUT2D eigenvalue weighted by Gasteiger charge is -2.03. The summed E-state index contributed by atoms with van der Waals surface area (Å²) in [6, 6.07) is 4.13. The third kappa shape index (κ3) is 1.02. The fraction of sp³-hybridized carbons (Fsp3) is 0.500. The van der Waals surface area contributed by atoms with Gasteiger partial charge < -0.3 is 5.32 Å². The zero-order valence-electron chi connectivity index (χ0n) is 9.22. The molecule has 2 aromatic rings. The molecule has 0 spiro atoms. The first-order valence-electron chi connectivity index (χ1n) is 5.86. The Morgan fingerprint density at radius 1 is 1.25 bits per heavy atom. The van der Waals surface area contributed by atoms with Gasteiger partial charge in [0.1, 0.15) is 5.82 Å². The second kappa shape index (κ2) is 2.83. The largest absolute Gasteiger partial charge is 0.316 e. The van der Waals surface area contributed by atoms with Crippen molar-refractivity contribution in [3.63, 3.8) is 0 Å². The predicted octanol–water partition coefficient (Wildman–Crippen LogP) is 0.971. The summed E-state index contributed by atoms with van der Waals surface area (Å²) in [4.78, 5) is 0. The van der Waals surface area contributed by atoms with E-state index in [1.54, 1.807) is 0 Å². The highest BCUT2D eigenvalue weighted by atomic mass is 15.3. The fourth-order valence-corrected chi connectivity index (χ4v) is 3.04. The van der Waals surface area contributed by atoms with Crippen LogP contribution in [0.2, 0.25) is 0 Å². The Morgan fingerprint density at radius 3 is 2.88 bits per heavy atom. The highest BCUT2D eigenvalue weighted by Crippen LogP contribution is 2.55. The van der Waals surface area contributed by atoms with E-state index in [9.17, 15) is 0 Å². The van der Waals surface area contributed by atoms with Crippen molar-refractivity contribution in [2.75, 3.05) is 13.1 Å². The van der Waals surface area contributed by atoms with E-state index in [1.807, 2.05) is 6.07 Å². The molecular weight excluding hydrogens is 200 g/mol. The molecule has 4 nitrogen and oxygen atoms in total. The number of aryl methyl sites for hydroxylation is 1. The van der Waals surface area contributed by atoms with E-state index < -0.39 is 0 Å². The Bertz CT molecular complexity index is 549. The molecule has 1 aliphatic carbocycles. The summed E-state index contributed by atoms with van der Waals surface area (Å²) in [5.74, 6) is 3.40. The van der Waals surface area contributed by atoms with E-state index in [1.165, 1.54) is 5.56 Å². The van der Waals surface area contributed by atoms with Crippen molar-refractivity contribution in [2.45, 2.75) is 12.8 Å². The van der Waals surface area contributed by atoms with Crippen LogP contribution >= 0.6 is 0 Å². The van der Waals surface area contributed by atoms with Crippen molar-refractivity contribution in [3.8, 4) is 0 Å². The molecular formula is C12H14N4. The Labute approximate surface area is 93.7 Å². The van der Waals surface area contributed by atoms with Gasteiger partial charge in [-0.25, -0.2) is 0 Å². The number of aromatic nitrogens is 3. The molecule has 0 amide bonds. The molecule has 0 bridgehead atoms. The van der Waals surface area contributed by atoms with Crippen LogP contribution in [0, 0.1) is 18.8 Å². The third-order valence-electron chi connectivity index (χ3n) is 3.97. The zero-order chi connectivity index (χ0) is 10.7. The highest BCUT2D eigenvalue weighted by molar-refractivity contribution is 5.41. The molecule has 0 radical (unpaired) electrons. The summed E-state index contributed by atoms with van der Waals surface area (Å²) < 4.78 is 2.16. The van der Waals surface area contributed by atoms with Crippen LogP contribution in [0.4, 0.5) is 0 Å². The molecule has 82 valence electrons. The minimum Gasteiger partial charge on any atom is -0.316 e. The molecule has 1 saturated carbocycles. The maximum atomic E-state index is 4.37. The molecule has 4 rings (SSSR count). The monoisotopic (exact) mass is 214 g/mol. The van der Waals surface area contributed by atoms with Crippen molar-refractivity contribution < 1.29 is 0 Å². The van der Waals surface area contributed by atoms with Gasteiger partial charge in [0.2, 0.25) is 0 Å². The van der Waals surface area contributed by atoms with Crippen LogP contribution < -0.4 is 5.32 Å². The number of hydrogen-bond acceptors (Lipinski definition) is 3. The maximum absolute atomic E-state index is 4.37. The summed E-state index contributed by atoms with van der Waals surface area (Å²) in [5.41, 5.74) is 2.23. The van der Waals surface area contributed by atoms with Crippen molar-refractivity contribution in [3.05, 3.63) is 29.7 Å². The molecule has 0 aromatic carbocycles. The molecule has 3 heterocycles. The number of piperidine rings is 1. The first-order valence-corrected chi connectivity index (χ1v) is 5.86. The second-order valence-electron chi connectivity index (χ2n) is 5.00. The predicted molar refractivity (Wildman–Crippen MR) is 60.3 cm³/mol. The second-order valence-corrected chi connectivity index (χ2v) is 5.00. The van der Waals surface area contributed by atoms with Gasteiger partial charge in [0.25, 0.3) is 0 Å². The van der Waals surface area contributed by atoms with Crippen LogP contribution in [0.1, 0.15) is 17.3 Å². The topological polar surface area (TPSA) is 42.2 Å². The SMILES string of the molecule is Cc1ccc2nnc(C3[C@H]4CNC[C@@H]34)n2c1. The van der Waals surface area contributed by atoms with Crippen LogP contribution in [0.25, 0.3) is 5.65 Å². The molecule has 1 aliphatic heterocycles. The van der Waals surface area contributed by atoms with Crippen LogP contribution in [0.15, 0.2) is 18.3 Å². The van der Waals surface area contributed by atoms with Crippen LogP contribution in [0.5, 0.6) is 0 Å². The lowest BCUT2D eigenvalue weighted by molar-refractivity contribution is 0.657. The van der Waals surface area contributed by atoms with Crippen LogP contribution in [0.3, 0.4) is 0 Å². The Hall–Kier alpha value is -1.42. The van der Waals surface area contributed by atoms with Gasteiger partial charge in [0, 0.05) is 12.1 Å². The van der Waals surface area contributed by atoms with Gasteiger partial charge in [0.05, 0.1) is 0 Å². The minimum atomic E-state index is 0.637. The van der Waals surface area contributed by atoms with Crippen molar-refractivity contribution >= 4 is 5.65 Å². The van der Waals surface area contributed by atoms with Crippen molar-refractivity contribution in [1.82, 2.24) is 19.9 Å². The molecule has 3 atom stereocenters. The van der Waals surface area contributed by atoms with E-state index in [2.05, 4.69) is 39.1 Å². The first-order chi connectivity index (χ1) is 7.84. The fourth-order valence-electron chi connectivity index (χ4n) is 3.04. The maximum Gasteiger partial charge on any atom is 0.160 e. The van der Waals surface area contributed by atoms with Gasteiger partial charge in [0.15, 0.2) is 5.65 Å². The van der Waals surface area contributed by atoms with E-state index in [0.717, 1.165) is 36.4 Å². The van der Waals surface area contributed by atoms with Crippen molar-refractivity contribution in [1.29, 1.82) is 0 Å². The molecule has 1 N–H and O–H groups in total. The normalized spacial score (nSPS) is 31.9. The van der Waals surface area contributed by atoms with Gasteiger partial charge in [-0.3, -0.25) is 4.40 Å². The smallest absolute Gasteiger partial charge is 0.160 e. The molecule has 4 heteroatoms. The lowest BCUT2D eigenvalue weighted by atomic mass is 10.2. The Kier molecular flexibility index (Phi) is 1.54. The number of fused-ring (bicyclic) bond motifs is 2. The summed E-state index contributed by atoms with van der Waals surface area (Å²) in [5, 5.41) is 12.0. The van der Waals surface area contributed by atoms with E-state index in [-0.39, 0.29) is 0 Å². The van der Waals surface area contributed by atoms with Gasteiger partial charge in [-0.1, -0.05) is 6.07 Å². The number of pyridine rings is 1. The summed E-state index contributed by atoms with van der Waals surface area (Å²) >= 11 is 0. The standard InChI is InChI=1S/C12H14N4/c1-7-2-3-10-14-15-12(16(10)6-7)11-8-4-13-5-9(8)11/h2-3,6,8-9,11,13H,4-5H2,1H3/t8-,9+,11?. The summed E-state index contributed by atoms with van der Waals surface area (Å²) in [7, 11) is 0. The van der Waals surface area contributed by atoms with E-state index in [0.29, 0.717) is 5.92 Å². The van der Waals surface area contributed by atoms with Gasteiger partial charge in [-0.15, -0.1) is 10.2 Å². The Morgan fingerprint density at radius 2 is 2.06 bits per heavy atom. The van der Waals surface area contributed by atoms with Gasteiger partial charge in [-0.2, -0.15) is 0 Å². The molecule has 2 aromatic heterocycles. The zero-order valence-corrected chi connectivity index (χ0v) is 9.22. The average molecular weight is 214 g/mol. The number of rotatable bonds is 1. The highest BCUT2D eigenvalue weighted by Gasteiger charge is 2.55. The van der Waals surface area contributed by atoms with Crippen molar-refractivity contribution in [2.24, 2.45) is 11.8 Å². The van der Waals surface area contributed by atoms with Crippen LogP contribution in [-0.2, 0) is 0 Å². The summed E-state index contributed by atoms with van der Waals surface area (Å²) in [6.07, 6.45) is 2.14.